The Morgan fingerprint density at radius 3 is 2.86 bits per heavy atom. The number of imidazole rings is 1. The lowest BCUT2D eigenvalue weighted by atomic mass is 10.2. The van der Waals surface area contributed by atoms with E-state index in [0.29, 0.717) is 13.1 Å². The number of likely N-dealkylation sites (tertiary alicyclic amines) is 1. The van der Waals surface area contributed by atoms with Crippen molar-refractivity contribution in [3.8, 4) is 0 Å². The first-order chi connectivity index (χ1) is 6.68. The lowest BCUT2D eigenvalue weighted by Crippen LogP contribution is -2.35. The van der Waals surface area contributed by atoms with E-state index in [1.807, 2.05) is 4.57 Å². The fraction of sp³-hybridized carbons (Fsp3) is 0.500. The van der Waals surface area contributed by atoms with Crippen LogP contribution in [0.15, 0.2) is 18.7 Å². The fourth-order valence-corrected chi connectivity index (χ4v) is 1.72. The van der Waals surface area contributed by atoms with Crippen molar-refractivity contribution in [2.45, 2.75) is 12.1 Å². The van der Waals surface area contributed by atoms with Crippen molar-refractivity contribution in [2.75, 3.05) is 13.1 Å². The quantitative estimate of drug-likeness (QED) is 0.395. The number of aliphatic hydroxyl groups is 1. The second-order valence-electron chi connectivity index (χ2n) is 3.43. The SMILES string of the molecule is N=C(N)N1C[C@@H](O)[C@@H](n2ccnc2)C1. The van der Waals surface area contributed by atoms with Crippen LogP contribution < -0.4 is 5.73 Å². The maximum absolute atomic E-state index is 9.74. The first-order valence-corrected chi connectivity index (χ1v) is 4.43. The summed E-state index contributed by atoms with van der Waals surface area (Å²) in [5.41, 5.74) is 5.35. The van der Waals surface area contributed by atoms with Gasteiger partial charge in [0.2, 0.25) is 0 Å². The highest BCUT2D eigenvalue weighted by Crippen LogP contribution is 2.21. The molecule has 2 rings (SSSR count). The first kappa shape index (κ1) is 9.01. The average molecular weight is 195 g/mol. The lowest BCUT2D eigenvalue weighted by Gasteiger charge is -2.15. The third-order valence-corrected chi connectivity index (χ3v) is 2.51. The van der Waals surface area contributed by atoms with E-state index in [4.69, 9.17) is 11.1 Å². The number of aliphatic hydroxyl groups excluding tert-OH is 1. The van der Waals surface area contributed by atoms with E-state index in [0.717, 1.165) is 0 Å². The van der Waals surface area contributed by atoms with Gasteiger partial charge < -0.3 is 20.3 Å². The molecule has 0 unspecified atom stereocenters. The molecule has 0 bridgehead atoms. The van der Waals surface area contributed by atoms with Gasteiger partial charge in [-0.25, -0.2) is 4.98 Å². The standard InChI is InChI=1S/C8H13N5O/c9-8(10)13-3-6(7(14)4-13)12-2-1-11-5-12/h1-2,5-7,14H,3-4H2,(H3,9,10)/t6-,7+/m0/s1. The topological polar surface area (TPSA) is 91.2 Å². The number of guanidine groups is 1. The summed E-state index contributed by atoms with van der Waals surface area (Å²) in [5, 5.41) is 17.0. The minimum absolute atomic E-state index is 0.00617. The van der Waals surface area contributed by atoms with Gasteiger partial charge in [0.15, 0.2) is 5.96 Å². The number of nitrogens with two attached hydrogens (primary N) is 1. The van der Waals surface area contributed by atoms with E-state index < -0.39 is 6.10 Å². The molecular formula is C8H13N5O. The van der Waals surface area contributed by atoms with Crippen molar-refractivity contribution in [1.82, 2.24) is 14.5 Å². The molecule has 1 aromatic rings. The molecule has 1 fully saturated rings. The fourth-order valence-electron chi connectivity index (χ4n) is 1.72. The van der Waals surface area contributed by atoms with Gasteiger partial charge in [-0.3, -0.25) is 5.41 Å². The average Bonchev–Trinajstić information content (AvgIpc) is 2.71. The molecular weight excluding hydrogens is 182 g/mol. The Bertz CT molecular complexity index is 322. The van der Waals surface area contributed by atoms with Gasteiger partial charge in [-0.05, 0) is 0 Å². The highest BCUT2D eigenvalue weighted by Gasteiger charge is 2.32. The molecule has 0 amide bonds. The van der Waals surface area contributed by atoms with E-state index in [1.54, 1.807) is 23.6 Å². The monoisotopic (exact) mass is 195 g/mol. The van der Waals surface area contributed by atoms with Crippen LogP contribution in [-0.4, -0.2) is 44.7 Å². The molecule has 0 spiro atoms. The summed E-state index contributed by atoms with van der Waals surface area (Å²) < 4.78 is 1.84. The van der Waals surface area contributed by atoms with Crippen LogP contribution in [0.5, 0.6) is 0 Å². The smallest absolute Gasteiger partial charge is 0.188 e. The van der Waals surface area contributed by atoms with E-state index in [2.05, 4.69) is 4.98 Å². The number of β-amino-alcohol motifs (C(OH)–C–C–N with tert-alkyl or cyclic N) is 1. The molecule has 0 saturated carbocycles. The summed E-state index contributed by atoms with van der Waals surface area (Å²) in [4.78, 5) is 5.57. The molecule has 0 radical (unpaired) electrons. The molecule has 0 aromatic carbocycles. The molecule has 6 nitrogen and oxygen atoms in total. The van der Waals surface area contributed by atoms with Gasteiger partial charge in [-0.1, -0.05) is 0 Å². The number of rotatable bonds is 1. The maximum Gasteiger partial charge on any atom is 0.188 e. The van der Waals surface area contributed by atoms with Gasteiger partial charge in [0.05, 0.1) is 18.5 Å². The Balaban J connectivity index is 2.12. The van der Waals surface area contributed by atoms with E-state index in [-0.39, 0.29) is 12.0 Å². The number of nitrogens with zero attached hydrogens (tertiary/aromatic N) is 3. The third kappa shape index (κ3) is 1.44. The minimum Gasteiger partial charge on any atom is -0.389 e. The van der Waals surface area contributed by atoms with Gasteiger partial charge in [0, 0.05) is 25.5 Å². The number of hydrogen-bond acceptors (Lipinski definition) is 3. The zero-order valence-corrected chi connectivity index (χ0v) is 7.67. The Hall–Kier alpha value is -1.56. The molecule has 6 heteroatoms. The van der Waals surface area contributed by atoms with E-state index in [9.17, 15) is 5.11 Å². The van der Waals surface area contributed by atoms with Gasteiger partial charge in [-0.2, -0.15) is 0 Å². The van der Waals surface area contributed by atoms with Gasteiger partial charge in [0.1, 0.15) is 0 Å². The molecule has 76 valence electrons. The molecule has 1 aliphatic rings. The summed E-state index contributed by atoms with van der Waals surface area (Å²) in [7, 11) is 0. The third-order valence-electron chi connectivity index (χ3n) is 2.51. The van der Waals surface area contributed by atoms with Crippen molar-refractivity contribution in [2.24, 2.45) is 5.73 Å². The maximum atomic E-state index is 9.74. The van der Waals surface area contributed by atoms with Crippen molar-refractivity contribution in [3.05, 3.63) is 18.7 Å². The molecule has 1 aliphatic heterocycles. The van der Waals surface area contributed by atoms with Crippen LogP contribution in [0.4, 0.5) is 0 Å². The molecule has 1 aromatic heterocycles. The van der Waals surface area contributed by atoms with Crippen LogP contribution in [-0.2, 0) is 0 Å². The zero-order valence-electron chi connectivity index (χ0n) is 7.67. The minimum atomic E-state index is -0.493. The molecule has 4 N–H and O–H groups in total. The van der Waals surface area contributed by atoms with E-state index in [1.165, 1.54) is 0 Å². The molecule has 2 atom stereocenters. The van der Waals surface area contributed by atoms with Crippen LogP contribution in [0.3, 0.4) is 0 Å². The summed E-state index contributed by atoms with van der Waals surface area (Å²) >= 11 is 0. The zero-order chi connectivity index (χ0) is 10.1. The van der Waals surface area contributed by atoms with Crippen LogP contribution in [0, 0.1) is 5.41 Å². The normalized spacial score (nSPS) is 26.8. The molecule has 0 aliphatic carbocycles. The van der Waals surface area contributed by atoms with Gasteiger partial charge in [-0.15, -0.1) is 0 Å². The molecule has 14 heavy (non-hydrogen) atoms. The number of nitrogens with one attached hydrogen (secondary N) is 1. The number of aromatic nitrogens is 2. The van der Waals surface area contributed by atoms with Crippen LogP contribution in [0.25, 0.3) is 0 Å². The first-order valence-electron chi connectivity index (χ1n) is 4.43. The van der Waals surface area contributed by atoms with E-state index >= 15 is 0 Å². The van der Waals surface area contributed by atoms with Crippen molar-refractivity contribution >= 4 is 5.96 Å². The summed E-state index contributed by atoms with van der Waals surface area (Å²) in [6, 6.07) is -0.0543. The highest BCUT2D eigenvalue weighted by molar-refractivity contribution is 5.75. The Morgan fingerprint density at radius 2 is 2.36 bits per heavy atom. The predicted molar refractivity (Wildman–Crippen MR) is 50.8 cm³/mol. The number of hydrogen-bond donors (Lipinski definition) is 3. The second kappa shape index (κ2) is 3.30. The predicted octanol–water partition coefficient (Wildman–Crippen LogP) is -1.01. The molecule has 2 heterocycles. The van der Waals surface area contributed by atoms with Crippen LogP contribution >= 0.6 is 0 Å². The Labute approximate surface area is 81.5 Å². The Kier molecular flexibility index (Phi) is 2.12. The van der Waals surface area contributed by atoms with Crippen LogP contribution in [0.1, 0.15) is 6.04 Å². The molecule has 1 saturated heterocycles. The second-order valence-corrected chi connectivity index (χ2v) is 3.43. The largest absolute Gasteiger partial charge is 0.389 e. The van der Waals surface area contributed by atoms with Crippen molar-refractivity contribution < 1.29 is 5.11 Å². The summed E-state index contributed by atoms with van der Waals surface area (Å²) in [6.07, 6.45) is 4.64. The Morgan fingerprint density at radius 1 is 1.57 bits per heavy atom. The van der Waals surface area contributed by atoms with Crippen molar-refractivity contribution in [1.29, 1.82) is 5.41 Å². The highest BCUT2D eigenvalue weighted by atomic mass is 16.3. The van der Waals surface area contributed by atoms with Crippen LogP contribution in [0.2, 0.25) is 0 Å². The van der Waals surface area contributed by atoms with Crippen molar-refractivity contribution in [3.63, 3.8) is 0 Å². The van der Waals surface area contributed by atoms with Gasteiger partial charge in [0.25, 0.3) is 0 Å². The van der Waals surface area contributed by atoms with Gasteiger partial charge >= 0.3 is 0 Å². The summed E-state index contributed by atoms with van der Waals surface area (Å²) in [6.45, 7) is 0.977. The summed E-state index contributed by atoms with van der Waals surface area (Å²) in [5.74, 6) is 0.00617. The lowest BCUT2D eigenvalue weighted by molar-refractivity contribution is 0.148.